The van der Waals surface area contributed by atoms with Crippen molar-refractivity contribution < 1.29 is 4.58 Å². The molecular weight excluding hydrogens is 280 g/mol. The lowest BCUT2D eigenvalue weighted by Gasteiger charge is -2.13. The van der Waals surface area contributed by atoms with Crippen LogP contribution >= 0.6 is 0 Å². The van der Waals surface area contributed by atoms with Gasteiger partial charge in [0.05, 0.1) is 6.42 Å². The summed E-state index contributed by atoms with van der Waals surface area (Å²) in [6.45, 7) is 0. The molecule has 0 N–H and O–H groups in total. The molecule has 2 aliphatic heterocycles. The number of allylic oxidation sites excluding steroid dienone is 4. The van der Waals surface area contributed by atoms with Crippen molar-refractivity contribution in [3.8, 4) is 0 Å². The van der Waals surface area contributed by atoms with Crippen LogP contribution in [-0.2, 0) is 12.8 Å². The Morgan fingerprint density at radius 2 is 1.70 bits per heavy atom. The van der Waals surface area contributed by atoms with Crippen molar-refractivity contribution in [2.45, 2.75) is 12.8 Å². The summed E-state index contributed by atoms with van der Waals surface area (Å²) < 4.78 is 2.29. The Morgan fingerprint density at radius 3 is 2.48 bits per heavy atom. The SMILES string of the molecule is CN1C(=CC=CC2=[N+](C)c3ccccc3C2)Cc2ccccc21. The number of anilines is 1. The van der Waals surface area contributed by atoms with E-state index in [2.05, 4.69) is 90.3 Å². The average molecular weight is 301 g/mol. The highest BCUT2D eigenvalue weighted by Gasteiger charge is 2.24. The highest BCUT2D eigenvalue weighted by Crippen LogP contribution is 2.32. The summed E-state index contributed by atoms with van der Waals surface area (Å²) in [6, 6.07) is 17.3. The van der Waals surface area contributed by atoms with Crippen molar-refractivity contribution in [3.63, 3.8) is 0 Å². The van der Waals surface area contributed by atoms with Crippen molar-refractivity contribution in [2.24, 2.45) is 0 Å². The van der Waals surface area contributed by atoms with Gasteiger partial charge in [-0.25, -0.2) is 0 Å². The fourth-order valence-corrected chi connectivity index (χ4v) is 3.52. The minimum Gasteiger partial charge on any atom is -0.348 e. The van der Waals surface area contributed by atoms with Gasteiger partial charge in [-0.05, 0) is 17.7 Å². The van der Waals surface area contributed by atoms with Crippen LogP contribution in [0.4, 0.5) is 11.4 Å². The second kappa shape index (κ2) is 5.54. The van der Waals surface area contributed by atoms with Crippen molar-refractivity contribution >= 4 is 17.1 Å². The monoisotopic (exact) mass is 301 g/mol. The van der Waals surface area contributed by atoms with Crippen LogP contribution in [0, 0.1) is 0 Å². The molecule has 2 heterocycles. The van der Waals surface area contributed by atoms with Gasteiger partial charge in [0.25, 0.3) is 0 Å². The standard InChI is InChI=1S/C21H21N2/c1-22-18(14-16-8-3-5-12-20(16)22)10-7-11-19-15-17-9-4-6-13-21(17)23(19)2/h3-13H,14-15H2,1-2H3/q+1. The molecule has 0 fully saturated rings. The summed E-state index contributed by atoms with van der Waals surface area (Å²) in [5.41, 5.74) is 8.16. The first-order valence-electron chi connectivity index (χ1n) is 8.10. The van der Waals surface area contributed by atoms with Crippen molar-refractivity contribution in [2.75, 3.05) is 19.0 Å². The summed E-state index contributed by atoms with van der Waals surface area (Å²) in [7, 11) is 4.30. The zero-order valence-electron chi connectivity index (χ0n) is 13.7. The zero-order valence-corrected chi connectivity index (χ0v) is 13.7. The van der Waals surface area contributed by atoms with Crippen LogP contribution in [0.15, 0.2) is 72.5 Å². The summed E-state index contributed by atoms with van der Waals surface area (Å²) >= 11 is 0. The number of nitrogens with zero attached hydrogens (tertiary/aromatic N) is 2. The number of fused-ring (bicyclic) bond motifs is 2. The van der Waals surface area contributed by atoms with E-state index in [1.807, 2.05) is 0 Å². The van der Waals surface area contributed by atoms with E-state index in [0.29, 0.717) is 0 Å². The first kappa shape index (κ1) is 14.0. The molecule has 2 aromatic rings. The average Bonchev–Trinajstić information content (AvgIpc) is 3.07. The first-order valence-corrected chi connectivity index (χ1v) is 8.10. The van der Waals surface area contributed by atoms with E-state index in [4.69, 9.17) is 0 Å². The summed E-state index contributed by atoms with van der Waals surface area (Å²) in [5, 5.41) is 0. The third-order valence-electron chi connectivity index (χ3n) is 4.89. The fourth-order valence-electron chi connectivity index (χ4n) is 3.52. The Balaban J connectivity index is 1.55. The van der Waals surface area contributed by atoms with Crippen LogP contribution in [0.5, 0.6) is 0 Å². The molecule has 2 aliphatic rings. The molecule has 2 aromatic carbocycles. The summed E-state index contributed by atoms with van der Waals surface area (Å²) in [5.74, 6) is 0. The van der Waals surface area contributed by atoms with E-state index < -0.39 is 0 Å². The molecule has 0 saturated heterocycles. The molecule has 0 unspecified atom stereocenters. The third kappa shape index (κ3) is 2.40. The predicted molar refractivity (Wildman–Crippen MR) is 96.8 cm³/mol. The molecule has 0 amide bonds. The summed E-state index contributed by atoms with van der Waals surface area (Å²) in [4.78, 5) is 2.29. The van der Waals surface area contributed by atoms with Crippen molar-refractivity contribution in [3.05, 3.63) is 83.6 Å². The van der Waals surface area contributed by atoms with Crippen molar-refractivity contribution in [1.82, 2.24) is 0 Å². The van der Waals surface area contributed by atoms with Crippen molar-refractivity contribution in [1.29, 1.82) is 0 Å². The molecule has 2 heteroatoms. The van der Waals surface area contributed by atoms with E-state index in [-0.39, 0.29) is 0 Å². The van der Waals surface area contributed by atoms with Gasteiger partial charge >= 0.3 is 0 Å². The van der Waals surface area contributed by atoms with Crippen LogP contribution in [0.2, 0.25) is 0 Å². The summed E-state index contributed by atoms with van der Waals surface area (Å²) in [6.07, 6.45) is 8.70. The van der Waals surface area contributed by atoms with Gasteiger partial charge in [-0.2, -0.15) is 4.58 Å². The number of benzene rings is 2. The van der Waals surface area contributed by atoms with Gasteiger partial charge in [0.2, 0.25) is 5.69 Å². The Kier molecular flexibility index (Phi) is 3.38. The van der Waals surface area contributed by atoms with E-state index in [9.17, 15) is 0 Å². The Labute approximate surface area is 137 Å². The molecule has 4 rings (SSSR count). The van der Waals surface area contributed by atoms with Gasteiger partial charge in [-0.15, -0.1) is 0 Å². The topological polar surface area (TPSA) is 6.25 Å². The van der Waals surface area contributed by atoms with Crippen LogP contribution in [0.3, 0.4) is 0 Å². The van der Waals surface area contributed by atoms with Crippen LogP contribution in [-0.4, -0.2) is 24.4 Å². The lowest BCUT2D eigenvalue weighted by Crippen LogP contribution is -2.10. The maximum atomic E-state index is 2.29. The number of rotatable bonds is 2. The molecule has 0 saturated carbocycles. The largest absolute Gasteiger partial charge is 0.348 e. The fraction of sp³-hybridized carbons (Fsp3) is 0.190. The molecular formula is C21H21N2+. The minimum atomic E-state index is 1.02. The van der Waals surface area contributed by atoms with E-state index >= 15 is 0 Å². The Bertz CT molecular complexity index is 856. The molecule has 0 aromatic heterocycles. The molecule has 0 bridgehead atoms. The predicted octanol–water partition coefficient (Wildman–Crippen LogP) is 4.09. The van der Waals surface area contributed by atoms with Gasteiger partial charge in [0.15, 0.2) is 5.71 Å². The van der Waals surface area contributed by atoms with Gasteiger partial charge in [0.1, 0.15) is 7.05 Å². The normalized spacial score (nSPS) is 18.2. The maximum Gasteiger partial charge on any atom is 0.208 e. The van der Waals surface area contributed by atoms with Gasteiger partial charge in [-0.3, -0.25) is 0 Å². The van der Waals surface area contributed by atoms with Gasteiger partial charge in [-0.1, -0.05) is 42.5 Å². The number of hydrogen-bond acceptors (Lipinski definition) is 1. The Hall–Kier alpha value is -2.61. The molecule has 114 valence electrons. The molecule has 0 aliphatic carbocycles. The van der Waals surface area contributed by atoms with E-state index in [1.54, 1.807) is 0 Å². The van der Waals surface area contributed by atoms with E-state index in [0.717, 1.165) is 12.8 Å². The van der Waals surface area contributed by atoms with E-state index in [1.165, 1.54) is 33.9 Å². The quantitative estimate of drug-likeness (QED) is 0.757. The molecule has 23 heavy (non-hydrogen) atoms. The second-order valence-electron chi connectivity index (χ2n) is 6.24. The lowest BCUT2D eigenvalue weighted by molar-refractivity contribution is -0.400. The smallest absolute Gasteiger partial charge is 0.208 e. The lowest BCUT2D eigenvalue weighted by atomic mass is 10.1. The molecule has 0 spiro atoms. The van der Waals surface area contributed by atoms with Crippen LogP contribution in [0.1, 0.15) is 11.1 Å². The molecule has 0 radical (unpaired) electrons. The van der Waals surface area contributed by atoms with Gasteiger partial charge < -0.3 is 4.90 Å². The number of para-hydroxylation sites is 2. The second-order valence-corrected chi connectivity index (χ2v) is 6.24. The molecule has 2 nitrogen and oxygen atoms in total. The van der Waals surface area contributed by atoms with Crippen LogP contribution in [0.25, 0.3) is 0 Å². The number of hydrogen-bond donors (Lipinski definition) is 0. The highest BCUT2D eigenvalue weighted by atomic mass is 15.1. The Morgan fingerprint density at radius 1 is 0.957 bits per heavy atom. The minimum absolute atomic E-state index is 1.02. The maximum absolute atomic E-state index is 2.29. The number of likely N-dealkylation sites (N-methyl/N-ethyl adjacent to an activating group) is 1. The zero-order chi connectivity index (χ0) is 15.8. The third-order valence-corrected chi connectivity index (χ3v) is 4.89. The van der Waals surface area contributed by atoms with Crippen LogP contribution < -0.4 is 4.90 Å². The first-order chi connectivity index (χ1) is 11.2. The highest BCUT2D eigenvalue weighted by molar-refractivity contribution is 5.96. The van der Waals surface area contributed by atoms with Gasteiger partial charge in [0, 0.05) is 42.6 Å². The molecule has 0 atom stereocenters.